The monoisotopic (exact) mass is 382 g/mol. The summed E-state index contributed by atoms with van der Waals surface area (Å²) in [6.45, 7) is 9.27. The second-order valence-electron chi connectivity index (χ2n) is 6.46. The summed E-state index contributed by atoms with van der Waals surface area (Å²) in [4.78, 5) is 0. The molecular weight excluding hydrogens is 347 g/mol. The fraction of sp³-hybridized carbons (Fsp3) is 0.684. The van der Waals surface area contributed by atoms with E-state index in [1.165, 1.54) is 44.1 Å². The van der Waals surface area contributed by atoms with Crippen molar-refractivity contribution in [3.05, 3.63) is 29.8 Å². The summed E-state index contributed by atoms with van der Waals surface area (Å²) in [5, 5.41) is 0. The maximum absolute atomic E-state index is 2.49. The second-order valence-corrected chi connectivity index (χ2v) is 19.7. The van der Waals surface area contributed by atoms with Crippen LogP contribution < -0.4 is 3.58 Å². The van der Waals surface area contributed by atoms with Gasteiger partial charge in [-0.05, 0) is 0 Å². The molecule has 0 bridgehead atoms. The molecule has 1 rings (SSSR count). The van der Waals surface area contributed by atoms with Crippen molar-refractivity contribution in [2.24, 2.45) is 0 Å². The minimum atomic E-state index is -2.13. The molecular formula is C19H34Sn. The van der Waals surface area contributed by atoms with Crippen molar-refractivity contribution in [1.29, 1.82) is 0 Å². The van der Waals surface area contributed by atoms with E-state index < -0.39 is 18.4 Å². The summed E-state index contributed by atoms with van der Waals surface area (Å²) in [7, 11) is 0. The van der Waals surface area contributed by atoms with Crippen LogP contribution in [0.25, 0.3) is 0 Å². The maximum atomic E-state index is 2.49. The predicted molar refractivity (Wildman–Crippen MR) is 95.7 cm³/mol. The first-order chi connectivity index (χ1) is 9.68. The zero-order valence-electron chi connectivity index (χ0n) is 14.2. The Hall–Kier alpha value is 0.0187. The van der Waals surface area contributed by atoms with Crippen LogP contribution in [0.1, 0.15) is 64.9 Å². The summed E-state index contributed by atoms with van der Waals surface area (Å²) in [5.41, 5.74) is 1.41. The number of benzene rings is 1. The molecule has 0 aliphatic carbocycles. The summed E-state index contributed by atoms with van der Waals surface area (Å²) < 4.78 is 6.54. The Morgan fingerprint density at radius 1 is 0.700 bits per heavy atom. The number of aryl methyl sites for hydroxylation is 1. The van der Waals surface area contributed by atoms with Gasteiger partial charge in [0.05, 0.1) is 0 Å². The summed E-state index contributed by atoms with van der Waals surface area (Å²) in [6, 6.07) is 9.69. The van der Waals surface area contributed by atoms with E-state index in [1.54, 1.807) is 16.9 Å². The third-order valence-electron chi connectivity index (χ3n) is 4.69. The topological polar surface area (TPSA) is 0 Å². The fourth-order valence-electron chi connectivity index (χ4n) is 3.26. The van der Waals surface area contributed by atoms with Crippen LogP contribution in [0.2, 0.25) is 13.3 Å². The molecule has 0 aromatic heterocycles. The molecule has 1 heteroatoms. The molecule has 0 aliphatic rings. The minimum absolute atomic E-state index is 1.36. The molecule has 0 amide bonds. The van der Waals surface area contributed by atoms with Crippen LogP contribution in [0.3, 0.4) is 0 Å². The normalized spacial score (nSPS) is 11.8. The third kappa shape index (κ3) is 5.42. The third-order valence-corrected chi connectivity index (χ3v) is 20.4. The Labute approximate surface area is 131 Å². The van der Waals surface area contributed by atoms with Gasteiger partial charge >= 0.3 is 131 Å². The fourth-order valence-corrected chi connectivity index (χ4v) is 19.2. The predicted octanol–water partition coefficient (Wildman–Crippen LogP) is 6.05. The van der Waals surface area contributed by atoms with Crippen molar-refractivity contribution in [3.8, 4) is 0 Å². The number of unbranched alkanes of at least 4 members (excludes halogenated alkanes) is 3. The first-order valence-electron chi connectivity index (χ1n) is 8.75. The van der Waals surface area contributed by atoms with Crippen LogP contribution in [0.5, 0.6) is 0 Å². The number of hydrogen-bond donors (Lipinski definition) is 0. The van der Waals surface area contributed by atoms with E-state index in [1.807, 2.05) is 0 Å². The average molecular weight is 381 g/mol. The van der Waals surface area contributed by atoms with E-state index in [2.05, 4.69) is 52.0 Å². The summed E-state index contributed by atoms with van der Waals surface area (Å²) in [6.07, 6.45) is 8.46. The standard InChI is InChI=1S/C7H7.3C4H9.Sn/c1-7-5-3-2-4-6-7;3*1-3-4-2;/h3-6H,1H3;3*1,3-4H2,2H3;. The van der Waals surface area contributed by atoms with Crippen molar-refractivity contribution < 1.29 is 0 Å². The Balaban J connectivity index is 3.00. The molecule has 20 heavy (non-hydrogen) atoms. The Kier molecular flexibility index (Phi) is 8.91. The summed E-state index contributed by atoms with van der Waals surface area (Å²) in [5.74, 6) is 0. The molecule has 0 saturated carbocycles. The van der Waals surface area contributed by atoms with Gasteiger partial charge in [0.15, 0.2) is 0 Å². The van der Waals surface area contributed by atoms with E-state index >= 15 is 0 Å². The van der Waals surface area contributed by atoms with Crippen molar-refractivity contribution in [2.75, 3.05) is 0 Å². The molecule has 0 nitrogen and oxygen atoms in total. The molecule has 0 radical (unpaired) electrons. The van der Waals surface area contributed by atoms with Crippen LogP contribution in [-0.2, 0) is 0 Å². The van der Waals surface area contributed by atoms with Crippen LogP contribution >= 0.6 is 0 Å². The first kappa shape index (κ1) is 18.1. The van der Waals surface area contributed by atoms with Gasteiger partial charge in [-0.25, -0.2) is 0 Å². The van der Waals surface area contributed by atoms with Gasteiger partial charge < -0.3 is 0 Å². The van der Waals surface area contributed by atoms with Crippen molar-refractivity contribution in [2.45, 2.75) is 79.5 Å². The van der Waals surface area contributed by atoms with E-state index in [0.29, 0.717) is 0 Å². The van der Waals surface area contributed by atoms with Crippen molar-refractivity contribution in [1.82, 2.24) is 0 Å². The molecule has 0 unspecified atom stereocenters. The number of rotatable bonds is 10. The van der Waals surface area contributed by atoms with Gasteiger partial charge in [-0.3, -0.25) is 0 Å². The van der Waals surface area contributed by atoms with Gasteiger partial charge in [0.1, 0.15) is 0 Å². The van der Waals surface area contributed by atoms with E-state index in [0.717, 1.165) is 0 Å². The molecule has 0 fully saturated rings. The zero-order valence-corrected chi connectivity index (χ0v) is 17.0. The first-order valence-corrected chi connectivity index (χ1v) is 16.2. The molecule has 0 atom stereocenters. The quantitative estimate of drug-likeness (QED) is 0.433. The molecule has 0 aliphatic heterocycles. The van der Waals surface area contributed by atoms with Crippen LogP contribution in [0.15, 0.2) is 24.3 Å². The molecule has 0 spiro atoms. The Morgan fingerprint density at radius 2 is 1.10 bits per heavy atom. The van der Waals surface area contributed by atoms with Crippen molar-refractivity contribution >= 4 is 22.0 Å². The van der Waals surface area contributed by atoms with Crippen LogP contribution in [-0.4, -0.2) is 18.4 Å². The number of hydrogen-bond acceptors (Lipinski definition) is 0. The van der Waals surface area contributed by atoms with E-state index in [4.69, 9.17) is 0 Å². The second kappa shape index (κ2) is 9.87. The van der Waals surface area contributed by atoms with Crippen LogP contribution in [0.4, 0.5) is 0 Å². The van der Waals surface area contributed by atoms with Crippen LogP contribution in [0, 0.1) is 6.92 Å². The van der Waals surface area contributed by atoms with Crippen molar-refractivity contribution in [3.63, 3.8) is 0 Å². The molecule has 1 aromatic carbocycles. The van der Waals surface area contributed by atoms with Gasteiger partial charge in [-0.15, -0.1) is 0 Å². The van der Waals surface area contributed by atoms with Gasteiger partial charge in [-0.2, -0.15) is 0 Å². The zero-order chi connectivity index (χ0) is 14.8. The van der Waals surface area contributed by atoms with Gasteiger partial charge in [-0.1, -0.05) is 0 Å². The van der Waals surface area contributed by atoms with E-state index in [9.17, 15) is 0 Å². The SMILES string of the molecule is CCC[CH2][Sn]([CH2]CCC)([CH2]CCC)[c]1ccc(C)cc1. The average Bonchev–Trinajstić information content (AvgIpc) is 2.48. The summed E-state index contributed by atoms with van der Waals surface area (Å²) >= 11 is -2.13. The molecule has 0 heterocycles. The van der Waals surface area contributed by atoms with Gasteiger partial charge in [0.25, 0.3) is 0 Å². The molecule has 0 saturated heterocycles. The van der Waals surface area contributed by atoms with Gasteiger partial charge in [0.2, 0.25) is 0 Å². The van der Waals surface area contributed by atoms with E-state index in [-0.39, 0.29) is 0 Å². The Bertz CT molecular complexity index is 331. The van der Waals surface area contributed by atoms with Gasteiger partial charge in [0, 0.05) is 0 Å². The molecule has 114 valence electrons. The molecule has 0 N–H and O–H groups in total. The molecule has 1 aromatic rings. The Morgan fingerprint density at radius 3 is 1.45 bits per heavy atom.